The Hall–Kier alpha value is -6.73. The number of fused-ring (bicyclic) bond motifs is 2. The van der Waals surface area contributed by atoms with Gasteiger partial charge < -0.3 is 95.6 Å². The van der Waals surface area contributed by atoms with Gasteiger partial charge in [-0.15, -0.1) is 0 Å². The van der Waals surface area contributed by atoms with Gasteiger partial charge in [-0.25, -0.2) is 19.2 Å². The highest BCUT2D eigenvalue weighted by atomic mass is 28.5. The Labute approximate surface area is 698 Å². The Morgan fingerprint density at radius 2 is 0.908 bits per heavy atom. The van der Waals surface area contributed by atoms with E-state index < -0.39 is 233 Å². The maximum absolute atomic E-state index is 13.4. The van der Waals surface area contributed by atoms with Gasteiger partial charge in [-0.05, 0) is 64.5 Å². The lowest BCUT2D eigenvalue weighted by molar-refractivity contribution is -0.605. The molecule has 19 atom stereocenters. The van der Waals surface area contributed by atoms with Crippen LogP contribution in [-0.2, 0) is 64.0 Å². The quantitative estimate of drug-likeness (QED) is 0.0284. The predicted octanol–water partition coefficient (Wildman–Crippen LogP) is -0.746. The summed E-state index contributed by atoms with van der Waals surface area (Å²) in [5.41, 5.74) is -9.50. The molecule has 14 N–H and O–H groups in total. The Balaban J connectivity index is 0.000000218. The molecule has 0 aromatic carbocycles. The van der Waals surface area contributed by atoms with Gasteiger partial charge in [-0.1, -0.05) is 125 Å². The number of carbonyl (C=O) groups is 3. The van der Waals surface area contributed by atoms with Gasteiger partial charge in [0.05, 0.1) is 32.5 Å². The van der Waals surface area contributed by atoms with Gasteiger partial charge >= 0.3 is 62.9 Å². The zero-order valence-corrected chi connectivity index (χ0v) is 74.1. The fourth-order valence-corrected chi connectivity index (χ4v) is 38.1. The lowest BCUT2D eigenvalue weighted by atomic mass is 9.91. The van der Waals surface area contributed by atoms with Crippen molar-refractivity contribution in [2.24, 2.45) is 5.92 Å². The number of rotatable bonds is 16. The average molecular weight is 1770 g/mol. The zero-order valence-electron chi connectivity index (χ0n) is 76.1. The minimum Gasteiger partial charge on any atom is -0.414 e. The van der Waals surface area contributed by atoms with E-state index in [9.17, 15) is 83.4 Å². The first-order chi connectivity index (χ1) is 58.0. The number of carbonyl (C=O) groups excluding carboxylic acids is 3. The number of H-pyrrole nitrogens is 4. The summed E-state index contributed by atoms with van der Waals surface area (Å²) in [5, 5.41) is 88.6. The molecule has 0 spiro atoms. The zero-order chi connectivity index (χ0) is 94.6. The minimum absolute atomic E-state index is 0.0666. The van der Waals surface area contributed by atoms with E-state index in [2.05, 4.69) is 126 Å². The molecule has 2 amide bonds. The molecule has 8 aliphatic rings. The van der Waals surface area contributed by atoms with Gasteiger partial charge in [0.2, 0.25) is 18.5 Å². The van der Waals surface area contributed by atoms with E-state index >= 15 is 0 Å². The highest BCUT2D eigenvalue weighted by Crippen LogP contribution is 2.51. The Kier molecular flexibility index (Phi) is 30.5. The average Bonchev–Trinajstić information content (AvgIpc) is 1.58. The molecule has 12 rings (SSSR count). The number of aliphatic hydroxyl groups excluding tert-OH is 7. The number of aliphatic hydroxyl groups is 9. The molecule has 41 nitrogen and oxygen atoms in total. The van der Waals surface area contributed by atoms with Gasteiger partial charge in [0.1, 0.15) is 66.1 Å². The van der Waals surface area contributed by atoms with E-state index in [0.717, 1.165) is 47.0 Å². The standard InChI is InChI=1S/C21H38N2O7Si2.C21H36N2O7Si2.C12H18N2O4.C10H14N2O6.C9H12N2O6.CH4O/c2*1-12(2)31(13(3)4)27-11-16-19(29-32(30-31,14(5)6)15(7)8)18(25)20(28-16)23-10-9-17(24)22-21(23)26;1-4-8-7(2)12(3,17)10(18-8)14-6-5-9(15)13-11(14)16;1-10(17)7(15)5(4-13)18-8(10)12-3-2-6(14)11-9(12)16;12-3-4-7(15)8(16)9(17-4)11-1-5(13)10-6(14)2-11;1-2/h9-10,12-16,18-20,25H,11H2,1-8H3,(H,22,24,26);9-10,12-16,19-20H,11H2,1-8H3,(H,22,24,26);5-8,10,17H,4H2,1-3H3,(H,13,15,16);2-3,5,7-8,13,15,17H,4H2,1H3,(H,11,14,16);1,4,7-9,12,15-16H,2-3H2;2H,1H3/p+1/t16-,18-,19-,20-;16-,19-,20-;7-,8-,10-,12+;5-,7-,8-,10+;4-,7-,8-,9-;/m11111./s1/i;;3+1D3;1+1D3;;. The molecule has 670 valence electrons. The Bertz CT molecular complexity index is 4760. The van der Waals surface area contributed by atoms with Crippen molar-refractivity contribution in [3.8, 4) is 0 Å². The molecule has 8 aliphatic heterocycles. The molecule has 7 fully saturated rings. The third-order valence-electron chi connectivity index (χ3n) is 22.3. The monoisotopic (exact) mass is 1770 g/mol. The molecule has 0 unspecified atom stereocenters. The summed E-state index contributed by atoms with van der Waals surface area (Å²) in [4.78, 5) is 137. The Morgan fingerprint density at radius 3 is 1.30 bits per heavy atom. The molecule has 0 aliphatic carbocycles. The molecular formula is C74H123N10O31Si4+. The summed E-state index contributed by atoms with van der Waals surface area (Å²) >= 11 is 0. The van der Waals surface area contributed by atoms with Crippen LogP contribution in [0, 0.1) is 5.92 Å². The van der Waals surface area contributed by atoms with Crippen molar-refractivity contribution in [2.45, 2.75) is 299 Å². The summed E-state index contributed by atoms with van der Waals surface area (Å²) in [5.74, 6) is -2.19. The largest absolute Gasteiger partial charge is 0.414 e. The second-order valence-electron chi connectivity index (χ2n) is 32.6. The molecule has 12 heterocycles. The fraction of sp³-hybridized carbons (Fsp3) is 0.730. The van der Waals surface area contributed by atoms with Crippen LogP contribution in [0.1, 0.15) is 178 Å². The number of nitrogens with one attached hydrogen (secondary N) is 5. The van der Waals surface area contributed by atoms with Crippen LogP contribution in [0.15, 0.2) is 87.4 Å². The van der Waals surface area contributed by atoms with Crippen molar-refractivity contribution in [1.29, 1.82) is 0 Å². The van der Waals surface area contributed by atoms with Gasteiger partial charge in [-0.3, -0.25) is 77.1 Å². The molecule has 0 bridgehead atoms. The number of aromatic nitrogens is 8. The number of ketones is 1. The summed E-state index contributed by atoms with van der Waals surface area (Å²) in [6, 6.07) is 4.43. The molecule has 7 saturated heterocycles. The third-order valence-corrected chi connectivity index (χ3v) is 42.8. The summed E-state index contributed by atoms with van der Waals surface area (Å²) in [7, 11) is -10.4. The van der Waals surface area contributed by atoms with Crippen LogP contribution in [0.25, 0.3) is 0 Å². The van der Waals surface area contributed by atoms with Crippen LogP contribution in [0.3, 0.4) is 0 Å². The van der Waals surface area contributed by atoms with Crippen molar-refractivity contribution < 1.29 is 123 Å². The maximum Gasteiger partial charge on any atom is 0.335 e. The van der Waals surface area contributed by atoms with Crippen molar-refractivity contribution in [3.63, 3.8) is 0 Å². The summed E-state index contributed by atoms with van der Waals surface area (Å²) in [6.07, 6.45) is -11.4. The topological polar surface area (TPSA) is 569 Å². The smallest absolute Gasteiger partial charge is 0.335 e. The molecule has 0 saturated carbocycles. The normalized spacial score (nSPS) is 32.8. The van der Waals surface area contributed by atoms with Crippen LogP contribution < -0.4 is 50.3 Å². The second kappa shape index (κ2) is 40.3. The summed E-state index contributed by atoms with van der Waals surface area (Å²) < 4.78 is 119. The van der Waals surface area contributed by atoms with Crippen LogP contribution in [0.4, 0.5) is 0 Å². The number of hydrogen-bond acceptors (Lipinski definition) is 31. The number of Topliss-reactive ketones (excluding diaryl/α,β-unsaturated/α-hetero) is 1. The van der Waals surface area contributed by atoms with Gasteiger partial charge in [-0.2, -0.15) is 4.58 Å². The Morgan fingerprint density at radius 1 is 0.504 bits per heavy atom. The number of ether oxygens (including phenoxy) is 5. The van der Waals surface area contributed by atoms with E-state index in [-0.39, 0.29) is 69.9 Å². The van der Waals surface area contributed by atoms with Crippen molar-refractivity contribution in [2.75, 3.05) is 40.1 Å². The number of nitrogens with zero attached hydrogens (tertiary/aromatic N) is 5. The maximum atomic E-state index is 13.4. The van der Waals surface area contributed by atoms with E-state index in [1.165, 1.54) is 33.7 Å². The number of amides is 2. The van der Waals surface area contributed by atoms with Crippen molar-refractivity contribution in [1.82, 2.24) is 43.5 Å². The first kappa shape index (κ1) is 90.0. The molecule has 119 heavy (non-hydrogen) atoms. The van der Waals surface area contributed by atoms with Crippen molar-refractivity contribution in [3.05, 3.63) is 132 Å². The summed E-state index contributed by atoms with van der Waals surface area (Å²) in [6.45, 7) is 30.3. The highest BCUT2D eigenvalue weighted by molar-refractivity contribution is 6.84. The second-order valence-corrected chi connectivity index (χ2v) is 50.3. The molecule has 4 aromatic heterocycles. The number of aromatic amines is 4. The van der Waals surface area contributed by atoms with E-state index in [1.807, 2.05) is 9.97 Å². The van der Waals surface area contributed by atoms with E-state index in [1.54, 1.807) is 13.8 Å². The SMILES string of the molecule is CC(C)[Si]1(C(C)C)OC[C@H]2O[C@@H](n3ccc(=O)[nH]c3=O)C(=O)[C@@H]2O[Si](C(C)C)(C(C)C)O1.CC(C)[Si]1(C(C)C)OC[C@H]2O[C@@H](n3ccc(=O)[nH]c3=O)[C@H](O)[C@@H]2O[Si](C(C)C)(C(C)C)O1.CO.O=C1C=[N+]([C@@H]2O[C@H](CO)[C@@H](O)[C@H]2O)CC(=O)N1.[2H][13C]([2H])([2H])[C@]1(O)[C@H](C)[C@@H](CC)O[C@H]1n1ccc(=O)[nH]c1=O.[2H][13C]([2H])([2H])[C@]1(O)[C@H](O)[C@@H](CO)O[C@H]1n1ccc(=O)[nH]c1=O. The first-order valence-corrected chi connectivity index (χ1v) is 47.3. The predicted molar refractivity (Wildman–Crippen MR) is 434 cm³/mol. The van der Waals surface area contributed by atoms with Crippen LogP contribution in [-0.4, -0.2) is 271 Å². The molecular weight excluding hydrogens is 1640 g/mol. The van der Waals surface area contributed by atoms with Crippen LogP contribution >= 0.6 is 0 Å². The first-order valence-electron chi connectivity index (χ1n) is 42.4. The lowest BCUT2D eigenvalue weighted by Crippen LogP contribution is -2.65. The van der Waals surface area contributed by atoms with Gasteiger partial charge in [0.15, 0.2) is 31.0 Å². The van der Waals surface area contributed by atoms with E-state index in [0.29, 0.717) is 11.0 Å². The van der Waals surface area contributed by atoms with Crippen LogP contribution in [0.2, 0.25) is 44.3 Å². The molecule has 4 aromatic rings. The van der Waals surface area contributed by atoms with Crippen LogP contribution in [0.5, 0.6) is 0 Å². The van der Waals surface area contributed by atoms with Crippen molar-refractivity contribution >= 4 is 58.1 Å². The molecule has 45 heteroatoms. The van der Waals surface area contributed by atoms with Gasteiger partial charge in [0, 0.05) is 70.3 Å². The minimum atomic E-state index is -3.10. The third kappa shape index (κ3) is 20.7. The fourth-order valence-electron chi connectivity index (χ4n) is 15.8. The number of hydrogen-bond donors (Lipinski definition) is 14. The highest BCUT2D eigenvalue weighted by Gasteiger charge is 2.65. The molecule has 0 radical (unpaired) electrons. The van der Waals surface area contributed by atoms with E-state index in [4.69, 9.17) is 73.2 Å². The number of imide groups is 1. The lowest BCUT2D eigenvalue weighted by Gasteiger charge is -2.51. The van der Waals surface area contributed by atoms with Gasteiger partial charge in [0.25, 0.3) is 34.4 Å².